The van der Waals surface area contributed by atoms with Gasteiger partial charge >= 0.3 is 0 Å². The first-order valence-electron chi connectivity index (χ1n) is 18.5. The van der Waals surface area contributed by atoms with Crippen molar-refractivity contribution in [2.75, 3.05) is 9.80 Å². The van der Waals surface area contributed by atoms with E-state index in [-0.39, 0.29) is 0 Å². The lowest BCUT2D eigenvalue weighted by molar-refractivity contribution is 1.29. The minimum absolute atomic E-state index is 1.12. The Morgan fingerprint density at radius 2 is 0.648 bits per heavy atom. The highest BCUT2D eigenvalue weighted by molar-refractivity contribution is 6.01. The molecule has 0 amide bonds. The lowest BCUT2D eigenvalue weighted by Crippen LogP contribution is -2.10. The zero-order valence-electron chi connectivity index (χ0n) is 29.7. The van der Waals surface area contributed by atoms with Crippen molar-refractivity contribution >= 4 is 77.2 Å². The van der Waals surface area contributed by atoms with Crippen molar-refractivity contribution in [2.45, 2.75) is 0 Å². The molecule has 254 valence electrons. The number of fused-ring (bicyclic) bond motifs is 4. The van der Waals surface area contributed by atoms with E-state index in [1.165, 1.54) is 54.2 Å². The van der Waals surface area contributed by atoms with E-state index in [0.717, 1.165) is 34.1 Å². The second-order valence-corrected chi connectivity index (χ2v) is 13.9. The van der Waals surface area contributed by atoms with Gasteiger partial charge in [-0.25, -0.2) is 0 Å². The number of benzene rings is 10. The molecule has 0 fully saturated rings. The third-order valence-electron chi connectivity index (χ3n) is 10.5. The number of hydrogen-bond acceptors (Lipinski definition) is 2. The standard InChI is InChI=1S/C52H36N2/c1-2-17-46(18-3-1)53(48-30-25-37-11-4-6-14-41(37)34-48)47-28-23-39(24-29-47)43-21-22-45-36-50(32-27-44(45)33-43)54(49-31-26-38-12-5-7-15-42(38)35-49)52-20-10-16-40-13-8-9-19-51(40)52/h1-36H. The van der Waals surface area contributed by atoms with Crippen molar-refractivity contribution < 1.29 is 0 Å². The van der Waals surface area contributed by atoms with Crippen LogP contribution in [0.25, 0.3) is 54.2 Å². The van der Waals surface area contributed by atoms with E-state index in [1.807, 2.05) is 0 Å². The molecule has 0 unspecified atom stereocenters. The van der Waals surface area contributed by atoms with Gasteiger partial charge in [0.05, 0.1) is 5.69 Å². The van der Waals surface area contributed by atoms with Crippen molar-refractivity contribution in [2.24, 2.45) is 0 Å². The SMILES string of the molecule is c1ccc(N(c2ccc(-c3ccc4cc(N(c5ccc6ccccc6c5)c5cccc6ccccc56)ccc4c3)cc2)c2ccc3ccccc3c2)cc1. The maximum absolute atomic E-state index is 2.40. The average molecular weight is 689 g/mol. The van der Waals surface area contributed by atoms with Gasteiger partial charge in [-0.2, -0.15) is 0 Å². The Labute approximate surface area is 315 Å². The summed E-state index contributed by atoms with van der Waals surface area (Å²) in [6.45, 7) is 0. The van der Waals surface area contributed by atoms with Gasteiger partial charge in [0, 0.05) is 33.8 Å². The molecule has 0 saturated heterocycles. The van der Waals surface area contributed by atoms with Crippen LogP contribution in [0.5, 0.6) is 0 Å². The van der Waals surface area contributed by atoms with E-state index >= 15 is 0 Å². The third-order valence-corrected chi connectivity index (χ3v) is 10.5. The molecule has 0 N–H and O–H groups in total. The maximum atomic E-state index is 2.40. The summed E-state index contributed by atoms with van der Waals surface area (Å²) in [5, 5.41) is 9.77. The highest BCUT2D eigenvalue weighted by atomic mass is 15.1. The fourth-order valence-corrected chi connectivity index (χ4v) is 7.84. The summed E-state index contributed by atoms with van der Waals surface area (Å²) >= 11 is 0. The van der Waals surface area contributed by atoms with Crippen LogP contribution < -0.4 is 9.80 Å². The van der Waals surface area contributed by atoms with Crippen LogP contribution in [0.15, 0.2) is 218 Å². The zero-order chi connectivity index (χ0) is 35.8. The summed E-state index contributed by atoms with van der Waals surface area (Å²) in [5.41, 5.74) is 9.18. The molecule has 10 rings (SSSR count). The second-order valence-electron chi connectivity index (χ2n) is 13.9. The molecule has 0 aromatic heterocycles. The maximum Gasteiger partial charge on any atom is 0.0540 e. The van der Waals surface area contributed by atoms with Crippen LogP contribution >= 0.6 is 0 Å². The van der Waals surface area contributed by atoms with Crippen LogP contribution in [0, 0.1) is 0 Å². The molecular weight excluding hydrogens is 653 g/mol. The first-order valence-corrected chi connectivity index (χ1v) is 18.5. The van der Waals surface area contributed by atoms with E-state index in [0.29, 0.717) is 0 Å². The van der Waals surface area contributed by atoms with Gasteiger partial charge in [0.15, 0.2) is 0 Å². The van der Waals surface area contributed by atoms with Crippen molar-refractivity contribution in [3.05, 3.63) is 218 Å². The summed E-state index contributed by atoms with van der Waals surface area (Å²) in [4.78, 5) is 4.73. The smallest absolute Gasteiger partial charge is 0.0540 e. The number of anilines is 6. The van der Waals surface area contributed by atoms with E-state index in [9.17, 15) is 0 Å². The van der Waals surface area contributed by atoms with Gasteiger partial charge in [-0.1, -0.05) is 146 Å². The van der Waals surface area contributed by atoms with Crippen LogP contribution in [-0.4, -0.2) is 0 Å². The van der Waals surface area contributed by atoms with Crippen molar-refractivity contribution in [3.63, 3.8) is 0 Å². The molecule has 0 aliphatic carbocycles. The minimum Gasteiger partial charge on any atom is -0.310 e. The Bertz CT molecular complexity index is 2940. The lowest BCUT2D eigenvalue weighted by Gasteiger charge is -2.27. The monoisotopic (exact) mass is 688 g/mol. The van der Waals surface area contributed by atoms with Crippen LogP contribution in [-0.2, 0) is 0 Å². The first-order chi connectivity index (χ1) is 26.7. The number of hydrogen-bond donors (Lipinski definition) is 0. The summed E-state index contributed by atoms with van der Waals surface area (Å²) in [7, 11) is 0. The summed E-state index contributed by atoms with van der Waals surface area (Å²) in [5.74, 6) is 0. The topological polar surface area (TPSA) is 6.48 Å². The van der Waals surface area contributed by atoms with Gasteiger partial charge in [-0.3, -0.25) is 0 Å². The molecule has 0 bridgehead atoms. The number of nitrogens with zero attached hydrogens (tertiary/aromatic N) is 2. The Hall–Kier alpha value is -7.16. The lowest BCUT2D eigenvalue weighted by atomic mass is 9.99. The fraction of sp³-hybridized carbons (Fsp3) is 0. The molecule has 10 aromatic carbocycles. The van der Waals surface area contributed by atoms with Gasteiger partial charge in [-0.15, -0.1) is 0 Å². The van der Waals surface area contributed by atoms with Crippen LogP contribution in [0.2, 0.25) is 0 Å². The normalized spacial score (nSPS) is 11.3. The Kier molecular flexibility index (Phi) is 7.85. The highest BCUT2D eigenvalue weighted by Gasteiger charge is 2.17. The quantitative estimate of drug-likeness (QED) is 0.164. The summed E-state index contributed by atoms with van der Waals surface area (Å²) in [6.07, 6.45) is 0. The minimum atomic E-state index is 1.12. The Balaban J connectivity index is 1.02. The van der Waals surface area contributed by atoms with Crippen molar-refractivity contribution in [1.29, 1.82) is 0 Å². The second kappa shape index (κ2) is 13.4. The van der Waals surface area contributed by atoms with Crippen LogP contribution in [0.4, 0.5) is 34.1 Å². The van der Waals surface area contributed by atoms with E-state index in [2.05, 4.69) is 228 Å². The van der Waals surface area contributed by atoms with Gasteiger partial charge < -0.3 is 9.80 Å². The third kappa shape index (κ3) is 5.81. The molecule has 0 radical (unpaired) electrons. The predicted molar refractivity (Wildman–Crippen MR) is 231 cm³/mol. The molecule has 2 heteroatoms. The largest absolute Gasteiger partial charge is 0.310 e. The molecule has 0 aliphatic heterocycles. The average Bonchev–Trinajstić information content (AvgIpc) is 3.24. The fourth-order valence-electron chi connectivity index (χ4n) is 7.84. The van der Waals surface area contributed by atoms with Gasteiger partial charge in [0.1, 0.15) is 0 Å². The van der Waals surface area contributed by atoms with Crippen molar-refractivity contribution in [1.82, 2.24) is 0 Å². The van der Waals surface area contributed by atoms with Gasteiger partial charge in [0.2, 0.25) is 0 Å². The van der Waals surface area contributed by atoms with Gasteiger partial charge in [0.25, 0.3) is 0 Å². The van der Waals surface area contributed by atoms with Crippen LogP contribution in [0.1, 0.15) is 0 Å². The van der Waals surface area contributed by atoms with Crippen molar-refractivity contribution in [3.8, 4) is 11.1 Å². The molecule has 0 aliphatic rings. The molecule has 10 aromatic rings. The Morgan fingerprint density at radius 1 is 0.222 bits per heavy atom. The predicted octanol–water partition coefficient (Wildman–Crippen LogP) is 14.9. The zero-order valence-corrected chi connectivity index (χ0v) is 29.7. The number of rotatable bonds is 7. The molecule has 54 heavy (non-hydrogen) atoms. The summed E-state index contributed by atoms with van der Waals surface area (Å²) in [6, 6.07) is 79.0. The highest BCUT2D eigenvalue weighted by Crippen LogP contribution is 2.42. The van der Waals surface area contributed by atoms with E-state index in [4.69, 9.17) is 0 Å². The summed E-state index contributed by atoms with van der Waals surface area (Å²) < 4.78 is 0. The first kappa shape index (κ1) is 31.6. The molecule has 2 nitrogen and oxygen atoms in total. The van der Waals surface area contributed by atoms with E-state index < -0.39 is 0 Å². The van der Waals surface area contributed by atoms with Crippen LogP contribution in [0.3, 0.4) is 0 Å². The van der Waals surface area contributed by atoms with E-state index in [1.54, 1.807) is 0 Å². The molecule has 0 saturated carbocycles. The Morgan fingerprint density at radius 3 is 1.31 bits per heavy atom. The molecule has 0 atom stereocenters. The molecule has 0 heterocycles. The molecular formula is C52H36N2. The number of para-hydroxylation sites is 1. The molecule has 0 spiro atoms. The van der Waals surface area contributed by atoms with Gasteiger partial charge in [-0.05, 0) is 122 Å².